The lowest BCUT2D eigenvalue weighted by Crippen LogP contribution is -2.36. The Kier molecular flexibility index (Phi) is 7.61. The molecule has 36 heavy (non-hydrogen) atoms. The van der Waals surface area contributed by atoms with Gasteiger partial charge in [-0.1, -0.05) is 12.1 Å². The van der Waals surface area contributed by atoms with Crippen LogP contribution in [0, 0.1) is 31.0 Å². The molecular formula is C26H26FN5O4. The third-order valence-electron chi connectivity index (χ3n) is 6.11. The zero-order chi connectivity index (χ0) is 25.7. The fraction of sp³-hybridized carbons (Fsp3) is 0.308. The number of aromatic nitrogens is 2. The number of rotatable bonds is 7. The number of nitriles is 1. The zero-order valence-corrected chi connectivity index (χ0v) is 20.1. The van der Waals surface area contributed by atoms with Gasteiger partial charge in [0.25, 0.3) is 5.91 Å². The molecule has 9 nitrogen and oxygen atoms in total. The summed E-state index contributed by atoms with van der Waals surface area (Å²) in [6.45, 7) is 6.12. The Labute approximate surface area is 208 Å². The van der Waals surface area contributed by atoms with Crippen LogP contribution in [-0.4, -0.2) is 54.3 Å². The molecule has 1 N–H and O–H groups in total. The van der Waals surface area contributed by atoms with Crippen LogP contribution in [0.1, 0.15) is 32.7 Å². The fourth-order valence-electron chi connectivity index (χ4n) is 3.97. The molecular weight excluding hydrogens is 465 g/mol. The number of hydrogen-bond donors (Lipinski definition) is 1. The topological polar surface area (TPSA) is 109 Å². The van der Waals surface area contributed by atoms with Crippen LogP contribution in [0.3, 0.4) is 0 Å². The molecule has 0 radical (unpaired) electrons. The van der Waals surface area contributed by atoms with Gasteiger partial charge in [0.1, 0.15) is 23.5 Å². The van der Waals surface area contributed by atoms with Crippen molar-refractivity contribution in [1.29, 1.82) is 5.26 Å². The molecule has 4 rings (SSSR count). The number of halogens is 1. The van der Waals surface area contributed by atoms with Gasteiger partial charge in [0.2, 0.25) is 0 Å². The summed E-state index contributed by atoms with van der Waals surface area (Å²) in [5, 5.41) is 12.4. The van der Waals surface area contributed by atoms with Crippen molar-refractivity contribution in [2.45, 2.75) is 20.4 Å². The van der Waals surface area contributed by atoms with Crippen molar-refractivity contribution in [2.75, 3.05) is 43.1 Å². The molecule has 1 aromatic carbocycles. The number of amides is 1. The van der Waals surface area contributed by atoms with Crippen molar-refractivity contribution in [1.82, 2.24) is 9.55 Å². The number of carbonyl (C=O) groups excluding carboxylic acids is 2. The molecule has 1 aliphatic heterocycles. The van der Waals surface area contributed by atoms with E-state index in [0.717, 1.165) is 35.7 Å². The van der Waals surface area contributed by atoms with Gasteiger partial charge in [0.15, 0.2) is 6.61 Å². The number of esters is 1. The molecule has 0 saturated carbocycles. The van der Waals surface area contributed by atoms with Crippen molar-refractivity contribution >= 4 is 23.5 Å². The van der Waals surface area contributed by atoms with Crippen LogP contribution >= 0.6 is 0 Å². The molecule has 0 spiro atoms. The van der Waals surface area contributed by atoms with Gasteiger partial charge in [0.05, 0.1) is 24.3 Å². The highest BCUT2D eigenvalue weighted by molar-refractivity contribution is 5.96. The summed E-state index contributed by atoms with van der Waals surface area (Å²) in [5.41, 5.74) is 2.85. The highest BCUT2D eigenvalue weighted by Gasteiger charge is 2.21. The maximum absolute atomic E-state index is 13.3. The van der Waals surface area contributed by atoms with Gasteiger partial charge >= 0.3 is 5.97 Å². The number of ether oxygens (including phenoxy) is 2. The Morgan fingerprint density at radius 1 is 1.17 bits per heavy atom. The van der Waals surface area contributed by atoms with Gasteiger partial charge in [0, 0.05) is 31.5 Å². The second-order valence-corrected chi connectivity index (χ2v) is 8.39. The molecule has 2 aromatic heterocycles. The predicted octanol–water partition coefficient (Wildman–Crippen LogP) is 3.19. The van der Waals surface area contributed by atoms with Gasteiger partial charge in [-0.15, -0.1) is 0 Å². The SMILES string of the molecule is Cc1c(C#N)c(NC(=O)COC(=O)c2ccc(N3CCOCC3)nc2)n(Cc2ccc(F)cc2)c1C. The lowest BCUT2D eigenvalue weighted by atomic mass is 10.2. The average Bonchev–Trinajstić information content (AvgIpc) is 3.12. The molecule has 3 aromatic rings. The van der Waals surface area contributed by atoms with Gasteiger partial charge in [-0.2, -0.15) is 5.26 Å². The van der Waals surface area contributed by atoms with E-state index in [9.17, 15) is 19.2 Å². The van der Waals surface area contributed by atoms with Crippen molar-refractivity contribution < 1.29 is 23.5 Å². The number of morpholine rings is 1. The minimum atomic E-state index is -0.680. The summed E-state index contributed by atoms with van der Waals surface area (Å²) in [7, 11) is 0. The maximum atomic E-state index is 13.3. The summed E-state index contributed by atoms with van der Waals surface area (Å²) in [4.78, 5) is 31.5. The average molecular weight is 492 g/mol. The molecule has 186 valence electrons. The highest BCUT2D eigenvalue weighted by atomic mass is 19.1. The molecule has 0 atom stereocenters. The number of benzene rings is 1. The molecule has 0 unspecified atom stereocenters. The van der Waals surface area contributed by atoms with E-state index >= 15 is 0 Å². The fourth-order valence-corrected chi connectivity index (χ4v) is 3.97. The van der Waals surface area contributed by atoms with E-state index in [1.807, 2.05) is 6.92 Å². The van der Waals surface area contributed by atoms with Crippen LogP contribution in [0.15, 0.2) is 42.6 Å². The number of nitrogens with one attached hydrogen (secondary N) is 1. The van der Waals surface area contributed by atoms with Crippen molar-refractivity contribution in [2.24, 2.45) is 0 Å². The highest BCUT2D eigenvalue weighted by Crippen LogP contribution is 2.27. The molecule has 1 aliphatic rings. The Morgan fingerprint density at radius 3 is 2.53 bits per heavy atom. The summed E-state index contributed by atoms with van der Waals surface area (Å²) in [6.07, 6.45) is 1.42. The van der Waals surface area contributed by atoms with Crippen LogP contribution in [0.5, 0.6) is 0 Å². The quantitative estimate of drug-likeness (QED) is 0.506. The third kappa shape index (κ3) is 5.53. The summed E-state index contributed by atoms with van der Waals surface area (Å²) in [6, 6.07) is 11.4. The van der Waals surface area contributed by atoms with E-state index < -0.39 is 18.5 Å². The second kappa shape index (κ2) is 11.0. The number of carbonyl (C=O) groups is 2. The van der Waals surface area contributed by atoms with E-state index in [1.54, 1.807) is 35.8 Å². The molecule has 0 bridgehead atoms. The van der Waals surface area contributed by atoms with Crippen LogP contribution in [0.25, 0.3) is 0 Å². The number of anilines is 2. The Morgan fingerprint density at radius 2 is 1.89 bits per heavy atom. The van der Waals surface area contributed by atoms with Crippen molar-refractivity contribution in [3.8, 4) is 6.07 Å². The maximum Gasteiger partial charge on any atom is 0.340 e. The van der Waals surface area contributed by atoms with Gasteiger partial charge in [-0.05, 0) is 49.2 Å². The second-order valence-electron chi connectivity index (χ2n) is 8.39. The molecule has 1 amide bonds. The largest absolute Gasteiger partial charge is 0.452 e. The zero-order valence-electron chi connectivity index (χ0n) is 20.1. The smallest absolute Gasteiger partial charge is 0.340 e. The summed E-state index contributed by atoms with van der Waals surface area (Å²) in [5.74, 6) is -0.576. The predicted molar refractivity (Wildman–Crippen MR) is 130 cm³/mol. The van der Waals surface area contributed by atoms with Crippen LogP contribution in [0.4, 0.5) is 16.0 Å². The third-order valence-corrected chi connectivity index (χ3v) is 6.11. The summed E-state index contributed by atoms with van der Waals surface area (Å²) >= 11 is 0. The summed E-state index contributed by atoms with van der Waals surface area (Å²) < 4.78 is 25.6. The molecule has 0 aliphatic carbocycles. The van der Waals surface area contributed by atoms with E-state index in [2.05, 4.69) is 21.3 Å². The van der Waals surface area contributed by atoms with E-state index in [-0.39, 0.29) is 11.4 Å². The monoisotopic (exact) mass is 491 g/mol. The van der Waals surface area contributed by atoms with Crippen molar-refractivity contribution in [3.63, 3.8) is 0 Å². The number of hydrogen-bond acceptors (Lipinski definition) is 7. The molecule has 1 saturated heterocycles. The van der Waals surface area contributed by atoms with Gasteiger partial charge in [-0.3, -0.25) is 4.79 Å². The standard InChI is InChI=1S/C26H26FN5O4/c1-17-18(2)32(15-19-3-6-21(27)7-4-19)25(22(17)13-28)30-24(33)16-36-26(34)20-5-8-23(29-14-20)31-9-11-35-12-10-31/h3-8,14H,9-12,15-16H2,1-2H3,(H,30,33). The first kappa shape index (κ1) is 24.9. The minimum absolute atomic E-state index is 0.226. The number of nitrogens with zero attached hydrogens (tertiary/aromatic N) is 4. The molecule has 3 heterocycles. The lowest BCUT2D eigenvalue weighted by Gasteiger charge is -2.27. The molecule has 10 heteroatoms. The lowest BCUT2D eigenvalue weighted by molar-refractivity contribution is -0.119. The Bertz CT molecular complexity index is 1290. The first-order chi connectivity index (χ1) is 17.4. The Balaban J connectivity index is 1.41. The van der Waals surface area contributed by atoms with Gasteiger partial charge < -0.3 is 24.3 Å². The first-order valence-electron chi connectivity index (χ1n) is 11.5. The Hall–Kier alpha value is -4.23. The van der Waals surface area contributed by atoms with Crippen LogP contribution < -0.4 is 10.2 Å². The normalized spacial score (nSPS) is 13.2. The van der Waals surface area contributed by atoms with Crippen molar-refractivity contribution in [3.05, 3.63) is 76.4 Å². The molecule has 1 fully saturated rings. The first-order valence-corrected chi connectivity index (χ1v) is 11.5. The number of pyridine rings is 1. The van der Waals surface area contributed by atoms with E-state index in [0.29, 0.717) is 31.1 Å². The van der Waals surface area contributed by atoms with E-state index in [4.69, 9.17) is 9.47 Å². The van der Waals surface area contributed by atoms with E-state index in [1.165, 1.54) is 18.3 Å². The van der Waals surface area contributed by atoms with Crippen LogP contribution in [-0.2, 0) is 20.8 Å². The minimum Gasteiger partial charge on any atom is -0.452 e. The van der Waals surface area contributed by atoms with Crippen LogP contribution in [0.2, 0.25) is 0 Å². The van der Waals surface area contributed by atoms with Gasteiger partial charge in [-0.25, -0.2) is 14.2 Å².